The molecule has 0 bridgehead atoms. The van der Waals surface area contributed by atoms with E-state index in [1.165, 1.54) is 5.56 Å². The van der Waals surface area contributed by atoms with Gasteiger partial charge in [0.1, 0.15) is 5.76 Å². The number of thiocarbonyl (C=S) groups is 1. The van der Waals surface area contributed by atoms with Crippen molar-refractivity contribution in [3.63, 3.8) is 0 Å². The molecule has 4 heteroatoms. The van der Waals surface area contributed by atoms with E-state index < -0.39 is 0 Å². The molecule has 0 fully saturated rings. The average Bonchev–Trinajstić information content (AvgIpc) is 2.97. The van der Waals surface area contributed by atoms with Crippen LogP contribution in [0, 0.1) is 0 Å². The van der Waals surface area contributed by atoms with E-state index in [0.717, 1.165) is 5.76 Å². The summed E-state index contributed by atoms with van der Waals surface area (Å²) in [5.74, 6) is 0.878. The molecule has 0 saturated heterocycles. The highest BCUT2D eigenvalue weighted by molar-refractivity contribution is 7.80. The third-order valence-corrected chi connectivity index (χ3v) is 3.61. The summed E-state index contributed by atoms with van der Waals surface area (Å²) >= 11 is 5.40. The molecule has 1 aromatic heterocycles. The molecule has 0 aliphatic carbocycles. The number of benzene rings is 1. The van der Waals surface area contributed by atoms with Gasteiger partial charge in [-0.05, 0) is 36.8 Å². The van der Waals surface area contributed by atoms with E-state index >= 15 is 0 Å². The molecular formula is C15H18N2OS. The van der Waals surface area contributed by atoms with Gasteiger partial charge in [-0.2, -0.15) is 0 Å². The second-order valence-corrected chi connectivity index (χ2v) is 4.82. The van der Waals surface area contributed by atoms with Crippen LogP contribution in [-0.4, -0.2) is 17.1 Å². The Kier molecular flexibility index (Phi) is 4.58. The van der Waals surface area contributed by atoms with Crippen molar-refractivity contribution in [1.29, 1.82) is 0 Å². The van der Waals surface area contributed by atoms with Crippen LogP contribution in [0.3, 0.4) is 0 Å². The van der Waals surface area contributed by atoms with Crippen molar-refractivity contribution in [2.24, 2.45) is 0 Å². The fourth-order valence-corrected chi connectivity index (χ4v) is 2.06. The molecular weight excluding hydrogens is 256 g/mol. The Hall–Kier alpha value is -1.81. The lowest BCUT2D eigenvalue weighted by atomic mass is 10.1. The summed E-state index contributed by atoms with van der Waals surface area (Å²) in [6.45, 7) is 2.74. The van der Waals surface area contributed by atoms with Crippen LogP contribution in [0.15, 0.2) is 53.1 Å². The van der Waals surface area contributed by atoms with E-state index in [1.54, 1.807) is 6.26 Å². The van der Waals surface area contributed by atoms with Gasteiger partial charge in [0.25, 0.3) is 0 Å². The van der Waals surface area contributed by atoms with E-state index in [4.69, 9.17) is 16.6 Å². The fraction of sp³-hybridized carbons (Fsp3) is 0.267. The van der Waals surface area contributed by atoms with Gasteiger partial charge >= 0.3 is 0 Å². The normalized spacial score (nSPS) is 11.9. The fourth-order valence-electron chi connectivity index (χ4n) is 1.83. The number of hydrogen-bond acceptors (Lipinski definition) is 2. The minimum absolute atomic E-state index is 0.234. The van der Waals surface area contributed by atoms with Crippen LogP contribution < -0.4 is 5.32 Å². The minimum atomic E-state index is 0.234. The molecule has 0 aliphatic heterocycles. The maximum absolute atomic E-state index is 5.40. The predicted molar refractivity (Wildman–Crippen MR) is 80.8 cm³/mol. The summed E-state index contributed by atoms with van der Waals surface area (Å²) in [5, 5.41) is 3.91. The van der Waals surface area contributed by atoms with E-state index in [9.17, 15) is 0 Å². The highest BCUT2D eigenvalue weighted by Crippen LogP contribution is 2.18. The molecule has 100 valence electrons. The lowest BCUT2D eigenvalue weighted by Gasteiger charge is -2.28. The maximum atomic E-state index is 5.40. The Bertz CT molecular complexity index is 510. The van der Waals surface area contributed by atoms with Crippen LogP contribution in [0.2, 0.25) is 0 Å². The lowest BCUT2D eigenvalue weighted by Crippen LogP contribution is -2.38. The van der Waals surface area contributed by atoms with E-state index in [0.29, 0.717) is 11.7 Å². The van der Waals surface area contributed by atoms with Crippen molar-refractivity contribution in [3.05, 3.63) is 60.1 Å². The van der Waals surface area contributed by atoms with E-state index in [1.807, 2.05) is 42.3 Å². The van der Waals surface area contributed by atoms with Gasteiger partial charge in [-0.1, -0.05) is 30.3 Å². The molecule has 0 spiro atoms. The zero-order valence-corrected chi connectivity index (χ0v) is 12.0. The zero-order valence-electron chi connectivity index (χ0n) is 11.2. The summed E-state index contributed by atoms with van der Waals surface area (Å²) in [6.07, 6.45) is 1.66. The topological polar surface area (TPSA) is 28.4 Å². The molecule has 19 heavy (non-hydrogen) atoms. The second-order valence-electron chi connectivity index (χ2n) is 4.44. The van der Waals surface area contributed by atoms with Crippen molar-refractivity contribution < 1.29 is 4.42 Å². The van der Waals surface area contributed by atoms with Crippen molar-refractivity contribution in [2.75, 3.05) is 7.05 Å². The van der Waals surface area contributed by atoms with Crippen molar-refractivity contribution in [1.82, 2.24) is 10.2 Å². The number of hydrogen-bond donors (Lipinski definition) is 1. The van der Waals surface area contributed by atoms with Gasteiger partial charge in [0.15, 0.2) is 5.11 Å². The summed E-state index contributed by atoms with van der Waals surface area (Å²) in [4.78, 5) is 2.05. The molecule has 0 aliphatic rings. The van der Waals surface area contributed by atoms with E-state index in [-0.39, 0.29) is 6.04 Å². The van der Waals surface area contributed by atoms with Crippen molar-refractivity contribution >= 4 is 17.3 Å². The van der Waals surface area contributed by atoms with Gasteiger partial charge < -0.3 is 14.6 Å². The zero-order chi connectivity index (χ0) is 13.7. The molecule has 2 aromatic rings. The number of rotatable bonds is 4. The van der Waals surface area contributed by atoms with Gasteiger partial charge in [-0.3, -0.25) is 0 Å². The molecule has 3 nitrogen and oxygen atoms in total. The van der Waals surface area contributed by atoms with Crippen LogP contribution in [-0.2, 0) is 6.54 Å². The van der Waals surface area contributed by atoms with Crippen LogP contribution in [0.4, 0.5) is 0 Å². The maximum Gasteiger partial charge on any atom is 0.169 e. The first-order valence-corrected chi connectivity index (χ1v) is 6.67. The van der Waals surface area contributed by atoms with Gasteiger partial charge in [0, 0.05) is 7.05 Å². The van der Waals surface area contributed by atoms with Crippen molar-refractivity contribution in [2.45, 2.75) is 19.5 Å². The average molecular weight is 274 g/mol. The first-order chi connectivity index (χ1) is 9.18. The van der Waals surface area contributed by atoms with Crippen LogP contribution in [0.5, 0.6) is 0 Å². The Morgan fingerprint density at radius 3 is 2.63 bits per heavy atom. The molecule has 1 aromatic carbocycles. The van der Waals surface area contributed by atoms with Gasteiger partial charge in [0.05, 0.1) is 18.8 Å². The Balaban J connectivity index is 1.91. The molecule has 1 atom stereocenters. The standard InChI is InChI=1S/C15H18N2OS/c1-12(13-7-4-3-5-8-13)17(2)15(19)16-11-14-9-6-10-18-14/h3-10,12H,11H2,1-2H3,(H,16,19)/t12-/m0/s1. The third kappa shape index (κ3) is 3.58. The smallest absolute Gasteiger partial charge is 0.169 e. The van der Waals surface area contributed by atoms with Crippen LogP contribution in [0.1, 0.15) is 24.3 Å². The first kappa shape index (κ1) is 13.6. The van der Waals surface area contributed by atoms with E-state index in [2.05, 4.69) is 24.4 Å². The van der Waals surface area contributed by atoms with Gasteiger partial charge in [0.2, 0.25) is 0 Å². The Morgan fingerprint density at radius 1 is 1.26 bits per heavy atom. The summed E-state index contributed by atoms with van der Waals surface area (Å²) in [7, 11) is 2.00. The lowest BCUT2D eigenvalue weighted by molar-refractivity contribution is 0.392. The highest BCUT2D eigenvalue weighted by atomic mass is 32.1. The SMILES string of the molecule is C[C@@H](c1ccccc1)N(C)C(=S)NCc1ccco1. The summed E-state index contributed by atoms with van der Waals surface area (Å²) < 4.78 is 5.27. The van der Waals surface area contributed by atoms with Crippen LogP contribution in [0.25, 0.3) is 0 Å². The highest BCUT2D eigenvalue weighted by Gasteiger charge is 2.14. The van der Waals surface area contributed by atoms with Crippen LogP contribution >= 0.6 is 12.2 Å². The minimum Gasteiger partial charge on any atom is -0.467 e. The number of nitrogens with zero attached hydrogens (tertiary/aromatic N) is 1. The monoisotopic (exact) mass is 274 g/mol. The quantitative estimate of drug-likeness (QED) is 0.866. The summed E-state index contributed by atoms with van der Waals surface area (Å²) in [5.41, 5.74) is 1.24. The molecule has 2 rings (SSSR count). The van der Waals surface area contributed by atoms with Crippen molar-refractivity contribution in [3.8, 4) is 0 Å². The second kappa shape index (κ2) is 6.38. The molecule has 0 amide bonds. The predicted octanol–water partition coefficient (Wildman–Crippen LogP) is 3.35. The number of nitrogens with one attached hydrogen (secondary N) is 1. The molecule has 0 radical (unpaired) electrons. The Morgan fingerprint density at radius 2 is 2.00 bits per heavy atom. The van der Waals surface area contributed by atoms with Gasteiger partial charge in [-0.15, -0.1) is 0 Å². The Labute approximate surface area is 119 Å². The molecule has 1 heterocycles. The largest absolute Gasteiger partial charge is 0.467 e. The number of furan rings is 1. The summed E-state index contributed by atoms with van der Waals surface area (Å²) in [6, 6.07) is 14.3. The molecule has 0 unspecified atom stereocenters. The third-order valence-electron chi connectivity index (χ3n) is 3.18. The molecule has 0 saturated carbocycles. The molecule has 1 N–H and O–H groups in total. The van der Waals surface area contributed by atoms with Gasteiger partial charge in [-0.25, -0.2) is 0 Å². The first-order valence-electron chi connectivity index (χ1n) is 6.26.